The molecule has 0 atom stereocenters. The fourth-order valence-corrected chi connectivity index (χ4v) is 1.98. The van der Waals surface area contributed by atoms with Crippen LogP contribution in [0.1, 0.15) is 6.92 Å². The Morgan fingerprint density at radius 3 is 2.62 bits per heavy atom. The van der Waals surface area contributed by atoms with Gasteiger partial charge in [0.1, 0.15) is 0 Å². The largest absolute Gasteiger partial charge is 0.281 e. The predicted octanol–water partition coefficient (Wildman–Crippen LogP) is -0.755. The molecule has 0 radical (unpaired) electrons. The van der Waals surface area contributed by atoms with Crippen LogP contribution in [-0.4, -0.2) is 24.1 Å². The first-order valence-electron chi connectivity index (χ1n) is 3.45. The van der Waals surface area contributed by atoms with E-state index >= 15 is 0 Å². The second-order valence-corrected chi connectivity index (χ2v) is 4.08. The van der Waals surface area contributed by atoms with E-state index in [1.807, 2.05) is 4.72 Å². The smallest absolute Gasteiger partial charge is 0.274 e. The van der Waals surface area contributed by atoms with Crippen LogP contribution in [0.15, 0.2) is 17.3 Å². The molecule has 0 spiro atoms. The maximum Gasteiger partial charge on any atom is 0.281 e. The first kappa shape index (κ1) is 9.72. The van der Waals surface area contributed by atoms with Crippen molar-refractivity contribution in [3.8, 4) is 0 Å². The number of carbonyl (C=O) groups is 1. The zero-order chi connectivity index (χ0) is 10.1. The molecule has 72 valence electrons. The number of aryl methyl sites for hydroxylation is 1. The van der Waals surface area contributed by atoms with E-state index in [2.05, 4.69) is 5.10 Å². The van der Waals surface area contributed by atoms with Gasteiger partial charge in [0, 0.05) is 14.0 Å². The van der Waals surface area contributed by atoms with Crippen LogP contribution in [-0.2, 0) is 21.9 Å². The van der Waals surface area contributed by atoms with Crippen molar-refractivity contribution in [3.05, 3.63) is 12.3 Å². The molecule has 13 heavy (non-hydrogen) atoms. The Labute approximate surface area is 75.6 Å². The molecule has 0 aromatic carbocycles. The Balaban J connectivity index is 3.09. The van der Waals surface area contributed by atoms with Gasteiger partial charge in [-0.15, -0.1) is 0 Å². The average molecular weight is 203 g/mol. The molecule has 1 rings (SSSR count). The summed E-state index contributed by atoms with van der Waals surface area (Å²) in [5, 5.41) is 3.64. The Morgan fingerprint density at radius 2 is 2.23 bits per heavy atom. The van der Waals surface area contributed by atoms with Crippen LogP contribution in [0.25, 0.3) is 0 Å². The average Bonchev–Trinajstić information content (AvgIpc) is 2.32. The van der Waals surface area contributed by atoms with Crippen molar-refractivity contribution in [2.75, 3.05) is 0 Å². The number of amides is 1. The van der Waals surface area contributed by atoms with E-state index < -0.39 is 15.9 Å². The monoisotopic (exact) mass is 203 g/mol. The first-order valence-corrected chi connectivity index (χ1v) is 4.93. The van der Waals surface area contributed by atoms with Crippen LogP contribution >= 0.6 is 0 Å². The predicted molar refractivity (Wildman–Crippen MR) is 44.2 cm³/mol. The number of rotatable bonds is 2. The molecule has 0 saturated heterocycles. The molecule has 0 fully saturated rings. The molecule has 0 aliphatic carbocycles. The highest BCUT2D eigenvalue weighted by Gasteiger charge is 2.18. The van der Waals surface area contributed by atoms with Gasteiger partial charge in [-0.1, -0.05) is 0 Å². The summed E-state index contributed by atoms with van der Waals surface area (Å²) >= 11 is 0. The molecule has 1 aromatic rings. The fraction of sp³-hybridized carbons (Fsp3) is 0.333. The summed E-state index contributed by atoms with van der Waals surface area (Å²) in [6.45, 7) is 1.13. The number of nitrogens with zero attached hydrogens (tertiary/aromatic N) is 2. The number of hydrogen-bond acceptors (Lipinski definition) is 4. The van der Waals surface area contributed by atoms with Gasteiger partial charge in [-0.05, 0) is 6.07 Å². The van der Waals surface area contributed by atoms with E-state index in [4.69, 9.17) is 0 Å². The number of aromatic nitrogens is 2. The van der Waals surface area contributed by atoms with Crippen LogP contribution in [0.5, 0.6) is 0 Å². The molecule has 1 N–H and O–H groups in total. The van der Waals surface area contributed by atoms with E-state index in [-0.39, 0.29) is 5.03 Å². The molecule has 0 aliphatic heterocycles. The lowest BCUT2D eigenvalue weighted by atomic mass is 10.7. The highest BCUT2D eigenvalue weighted by molar-refractivity contribution is 7.90. The summed E-state index contributed by atoms with van der Waals surface area (Å²) in [6, 6.07) is 1.31. The molecule has 0 saturated carbocycles. The van der Waals surface area contributed by atoms with Crippen LogP contribution in [0.3, 0.4) is 0 Å². The van der Waals surface area contributed by atoms with E-state index in [0.29, 0.717) is 0 Å². The maximum absolute atomic E-state index is 11.3. The van der Waals surface area contributed by atoms with Crippen LogP contribution in [0, 0.1) is 0 Å². The van der Waals surface area contributed by atoms with E-state index in [1.54, 1.807) is 0 Å². The highest BCUT2D eigenvalue weighted by atomic mass is 32.2. The van der Waals surface area contributed by atoms with Gasteiger partial charge in [0.05, 0.1) is 6.20 Å². The Bertz CT molecular complexity index is 420. The Hall–Kier alpha value is -1.37. The summed E-state index contributed by atoms with van der Waals surface area (Å²) in [4.78, 5) is 10.5. The summed E-state index contributed by atoms with van der Waals surface area (Å²) in [5.74, 6) is -0.624. The molecule has 6 nitrogen and oxygen atoms in total. The number of hydrogen-bond donors (Lipinski definition) is 1. The third-order valence-electron chi connectivity index (χ3n) is 1.33. The number of carbonyl (C=O) groups excluding carboxylic acids is 1. The lowest BCUT2D eigenvalue weighted by molar-refractivity contribution is -0.117. The third-order valence-corrected chi connectivity index (χ3v) is 2.84. The van der Waals surface area contributed by atoms with Crippen molar-refractivity contribution in [3.63, 3.8) is 0 Å². The van der Waals surface area contributed by atoms with Crippen LogP contribution in [0.2, 0.25) is 0 Å². The van der Waals surface area contributed by atoms with Crippen molar-refractivity contribution < 1.29 is 13.2 Å². The Kier molecular flexibility index (Phi) is 2.37. The molecule has 1 amide bonds. The highest BCUT2D eigenvalue weighted by Crippen LogP contribution is 2.04. The van der Waals surface area contributed by atoms with E-state index in [1.165, 1.54) is 24.0 Å². The molecular formula is C6H9N3O3S. The molecule has 7 heteroatoms. The summed E-state index contributed by atoms with van der Waals surface area (Å²) in [6.07, 6.45) is 1.34. The second-order valence-electron chi connectivity index (χ2n) is 2.45. The maximum atomic E-state index is 11.3. The third kappa shape index (κ3) is 2.05. The molecular weight excluding hydrogens is 194 g/mol. The minimum Gasteiger partial charge on any atom is -0.274 e. The Morgan fingerprint density at radius 1 is 1.62 bits per heavy atom. The van der Waals surface area contributed by atoms with Crippen LogP contribution < -0.4 is 4.72 Å². The standard InChI is InChI=1S/C6H9N3O3S/c1-5(10)8-13(11,12)6-3-4-7-9(6)2/h3-4H,1-2H3,(H,8,10). The quantitative estimate of drug-likeness (QED) is 0.685. The minimum absolute atomic E-state index is 0.0392. The van der Waals surface area contributed by atoms with Gasteiger partial charge in [0.2, 0.25) is 5.91 Å². The van der Waals surface area contributed by atoms with Gasteiger partial charge in [-0.25, -0.2) is 4.72 Å². The van der Waals surface area contributed by atoms with Gasteiger partial charge in [-0.3, -0.25) is 9.48 Å². The van der Waals surface area contributed by atoms with Gasteiger partial charge >= 0.3 is 0 Å². The van der Waals surface area contributed by atoms with Gasteiger partial charge in [-0.2, -0.15) is 13.5 Å². The topological polar surface area (TPSA) is 81.1 Å². The second kappa shape index (κ2) is 3.17. The van der Waals surface area contributed by atoms with Crippen molar-refractivity contribution in [2.45, 2.75) is 11.9 Å². The van der Waals surface area contributed by atoms with Crippen molar-refractivity contribution in [1.82, 2.24) is 14.5 Å². The number of nitrogens with one attached hydrogen (secondary N) is 1. The lowest BCUT2D eigenvalue weighted by Gasteiger charge is -2.03. The SMILES string of the molecule is CC(=O)NS(=O)(=O)c1ccnn1C. The molecule has 0 unspecified atom stereocenters. The van der Waals surface area contributed by atoms with Crippen molar-refractivity contribution >= 4 is 15.9 Å². The molecule has 1 heterocycles. The first-order chi connectivity index (χ1) is 5.93. The van der Waals surface area contributed by atoms with E-state index in [9.17, 15) is 13.2 Å². The molecule has 1 aromatic heterocycles. The zero-order valence-electron chi connectivity index (χ0n) is 7.18. The fourth-order valence-electron chi connectivity index (χ4n) is 0.867. The summed E-state index contributed by atoms with van der Waals surface area (Å²) in [5.41, 5.74) is 0. The molecule has 0 bridgehead atoms. The minimum atomic E-state index is -3.75. The van der Waals surface area contributed by atoms with E-state index in [0.717, 1.165) is 6.92 Å². The zero-order valence-corrected chi connectivity index (χ0v) is 8.00. The molecule has 0 aliphatic rings. The lowest BCUT2D eigenvalue weighted by Crippen LogP contribution is -2.29. The summed E-state index contributed by atoms with van der Waals surface area (Å²) in [7, 11) is -2.27. The summed E-state index contributed by atoms with van der Waals surface area (Å²) < 4.78 is 25.7. The van der Waals surface area contributed by atoms with Crippen molar-refractivity contribution in [2.24, 2.45) is 7.05 Å². The van der Waals surface area contributed by atoms with Gasteiger partial charge < -0.3 is 0 Å². The van der Waals surface area contributed by atoms with Gasteiger partial charge in [0.15, 0.2) is 5.03 Å². The van der Waals surface area contributed by atoms with Crippen molar-refractivity contribution in [1.29, 1.82) is 0 Å². The normalized spacial score (nSPS) is 11.2. The van der Waals surface area contributed by atoms with Gasteiger partial charge in [0.25, 0.3) is 10.0 Å². The van der Waals surface area contributed by atoms with Crippen LogP contribution in [0.4, 0.5) is 0 Å². The number of sulfonamides is 1.